The Balaban J connectivity index is 3.13. The highest BCUT2D eigenvalue weighted by Gasteiger charge is 2.08. The molecule has 0 unspecified atom stereocenters. The Labute approximate surface area is 116 Å². The van der Waals surface area contributed by atoms with Gasteiger partial charge in [0.15, 0.2) is 5.57 Å². The molecular formula is C13H10ClN5. The maximum Gasteiger partial charge on any atom is 0.163 e. The van der Waals surface area contributed by atoms with E-state index in [4.69, 9.17) is 27.4 Å². The van der Waals surface area contributed by atoms with E-state index in [0.717, 1.165) is 5.69 Å². The van der Waals surface area contributed by atoms with Gasteiger partial charge in [-0.05, 0) is 18.2 Å². The second-order valence-electron chi connectivity index (χ2n) is 3.77. The Kier molecular flexibility index (Phi) is 4.77. The maximum atomic E-state index is 8.92. The maximum absolute atomic E-state index is 8.92. The van der Waals surface area contributed by atoms with Gasteiger partial charge in [-0.25, -0.2) is 0 Å². The van der Waals surface area contributed by atoms with E-state index in [1.165, 1.54) is 0 Å². The predicted octanol–water partition coefficient (Wildman–Crippen LogP) is 2.64. The van der Waals surface area contributed by atoms with Crippen molar-refractivity contribution in [2.45, 2.75) is 0 Å². The first-order chi connectivity index (χ1) is 9.03. The Morgan fingerprint density at radius 1 is 1.16 bits per heavy atom. The Bertz CT molecular complexity index is 624. The fourth-order valence-corrected chi connectivity index (χ4v) is 1.72. The number of nitriles is 3. The van der Waals surface area contributed by atoms with Crippen LogP contribution in [-0.2, 0) is 0 Å². The molecule has 94 valence electrons. The normalized spacial score (nSPS) is 8.63. The van der Waals surface area contributed by atoms with Gasteiger partial charge in [0.1, 0.15) is 23.9 Å². The second-order valence-corrected chi connectivity index (χ2v) is 4.18. The molecule has 0 bridgehead atoms. The third-order valence-electron chi connectivity index (χ3n) is 2.28. The van der Waals surface area contributed by atoms with Gasteiger partial charge in [-0.2, -0.15) is 15.8 Å². The number of nitrogens with zero attached hydrogens (tertiary/aromatic N) is 4. The van der Waals surface area contributed by atoms with Crippen LogP contribution in [0.5, 0.6) is 0 Å². The van der Waals surface area contributed by atoms with Crippen LogP contribution in [0.3, 0.4) is 0 Å². The quantitative estimate of drug-likeness (QED) is 0.854. The standard InChI is InChI=1S/C13H10ClN5/c1-19(2)13-4-3-10(5-11(13)14)18-12(8-17)9(6-15)7-16/h3-5,18H,1-2H3. The van der Waals surface area contributed by atoms with Gasteiger partial charge in [-0.3, -0.25) is 0 Å². The molecule has 0 heterocycles. The monoisotopic (exact) mass is 271 g/mol. The van der Waals surface area contributed by atoms with Gasteiger partial charge in [0.2, 0.25) is 0 Å². The summed E-state index contributed by atoms with van der Waals surface area (Å²) in [5.74, 6) is 0. The highest BCUT2D eigenvalue weighted by molar-refractivity contribution is 6.33. The van der Waals surface area contributed by atoms with Crippen LogP contribution < -0.4 is 10.2 Å². The van der Waals surface area contributed by atoms with Crippen molar-refractivity contribution in [2.75, 3.05) is 24.3 Å². The summed E-state index contributed by atoms with van der Waals surface area (Å²) >= 11 is 6.09. The van der Waals surface area contributed by atoms with E-state index >= 15 is 0 Å². The first-order valence-corrected chi connectivity index (χ1v) is 5.59. The van der Waals surface area contributed by atoms with Crippen molar-refractivity contribution in [3.05, 3.63) is 34.5 Å². The molecule has 0 aliphatic heterocycles. The van der Waals surface area contributed by atoms with Gasteiger partial charge in [-0.1, -0.05) is 11.6 Å². The smallest absolute Gasteiger partial charge is 0.163 e. The lowest BCUT2D eigenvalue weighted by molar-refractivity contribution is 1.13. The molecule has 6 heteroatoms. The molecule has 0 aliphatic rings. The number of benzene rings is 1. The summed E-state index contributed by atoms with van der Waals surface area (Å²) in [6, 6.07) is 10.2. The lowest BCUT2D eigenvalue weighted by Crippen LogP contribution is -2.09. The predicted molar refractivity (Wildman–Crippen MR) is 73.3 cm³/mol. The van der Waals surface area contributed by atoms with Crippen molar-refractivity contribution in [2.24, 2.45) is 0 Å². The van der Waals surface area contributed by atoms with Crippen LogP contribution >= 0.6 is 11.6 Å². The Morgan fingerprint density at radius 3 is 2.21 bits per heavy atom. The molecule has 0 amide bonds. The van der Waals surface area contributed by atoms with Gasteiger partial charge >= 0.3 is 0 Å². The molecule has 0 aromatic heterocycles. The van der Waals surface area contributed by atoms with Crippen molar-refractivity contribution in [1.82, 2.24) is 0 Å². The van der Waals surface area contributed by atoms with Gasteiger partial charge in [0, 0.05) is 19.8 Å². The third-order valence-corrected chi connectivity index (χ3v) is 2.59. The van der Waals surface area contributed by atoms with Crippen molar-refractivity contribution in [3.63, 3.8) is 0 Å². The number of hydrogen-bond donors (Lipinski definition) is 1. The van der Waals surface area contributed by atoms with Crippen LogP contribution in [0.15, 0.2) is 29.5 Å². The number of halogens is 1. The van der Waals surface area contributed by atoms with E-state index in [1.807, 2.05) is 19.0 Å². The summed E-state index contributed by atoms with van der Waals surface area (Å²) in [6.07, 6.45) is 0. The van der Waals surface area contributed by atoms with E-state index in [9.17, 15) is 0 Å². The fourth-order valence-electron chi connectivity index (χ4n) is 1.37. The summed E-state index contributed by atoms with van der Waals surface area (Å²) in [6.45, 7) is 0. The first kappa shape index (κ1) is 14.4. The van der Waals surface area contributed by atoms with E-state index in [2.05, 4.69) is 5.32 Å². The molecule has 1 aromatic carbocycles. The van der Waals surface area contributed by atoms with Crippen LogP contribution in [0.1, 0.15) is 0 Å². The zero-order chi connectivity index (χ0) is 14.4. The molecule has 0 atom stereocenters. The van der Waals surface area contributed by atoms with Crippen LogP contribution in [0.4, 0.5) is 11.4 Å². The SMILES string of the molecule is CN(C)c1ccc(NC(C#N)=C(C#N)C#N)cc1Cl. The largest absolute Gasteiger partial charge is 0.376 e. The molecule has 0 fully saturated rings. The third kappa shape index (κ3) is 3.39. The van der Waals surface area contributed by atoms with Crippen LogP contribution in [0.25, 0.3) is 0 Å². The molecule has 0 spiro atoms. The summed E-state index contributed by atoms with van der Waals surface area (Å²) in [4.78, 5) is 1.85. The molecule has 1 N–H and O–H groups in total. The minimum atomic E-state index is -0.268. The van der Waals surface area contributed by atoms with Crippen LogP contribution in [0, 0.1) is 34.0 Å². The number of hydrogen-bond acceptors (Lipinski definition) is 5. The molecule has 1 aromatic rings. The zero-order valence-electron chi connectivity index (χ0n) is 10.4. The van der Waals surface area contributed by atoms with Crippen molar-refractivity contribution in [3.8, 4) is 18.2 Å². The van der Waals surface area contributed by atoms with E-state index in [0.29, 0.717) is 10.7 Å². The van der Waals surface area contributed by atoms with E-state index in [-0.39, 0.29) is 11.3 Å². The van der Waals surface area contributed by atoms with E-state index in [1.54, 1.807) is 36.4 Å². The number of rotatable bonds is 3. The molecule has 19 heavy (non-hydrogen) atoms. The molecule has 0 saturated heterocycles. The molecule has 1 rings (SSSR count). The average molecular weight is 272 g/mol. The fraction of sp³-hybridized carbons (Fsp3) is 0.154. The minimum absolute atomic E-state index is 0.0985. The summed E-state index contributed by atoms with van der Waals surface area (Å²) in [5.41, 5.74) is 1.000. The van der Waals surface area contributed by atoms with Crippen molar-refractivity contribution in [1.29, 1.82) is 15.8 Å². The number of anilines is 2. The Morgan fingerprint density at radius 2 is 1.79 bits per heavy atom. The van der Waals surface area contributed by atoms with Gasteiger partial charge in [0.25, 0.3) is 0 Å². The second kappa shape index (κ2) is 6.31. The molecule has 0 saturated carbocycles. The van der Waals surface area contributed by atoms with Crippen LogP contribution in [0.2, 0.25) is 5.02 Å². The zero-order valence-corrected chi connectivity index (χ0v) is 11.2. The minimum Gasteiger partial charge on any atom is -0.376 e. The Hall–Kier alpha value is -2.68. The van der Waals surface area contributed by atoms with Gasteiger partial charge in [-0.15, -0.1) is 0 Å². The van der Waals surface area contributed by atoms with Crippen molar-refractivity contribution >= 4 is 23.0 Å². The molecule has 0 radical (unpaired) electrons. The first-order valence-electron chi connectivity index (χ1n) is 5.22. The van der Waals surface area contributed by atoms with Gasteiger partial charge < -0.3 is 10.2 Å². The highest BCUT2D eigenvalue weighted by Crippen LogP contribution is 2.28. The van der Waals surface area contributed by atoms with E-state index < -0.39 is 0 Å². The topological polar surface area (TPSA) is 86.6 Å². The number of nitrogens with one attached hydrogen (secondary N) is 1. The van der Waals surface area contributed by atoms with Gasteiger partial charge in [0.05, 0.1) is 10.7 Å². The summed E-state index contributed by atoms with van der Waals surface area (Å²) < 4.78 is 0. The molecular weight excluding hydrogens is 262 g/mol. The summed E-state index contributed by atoms with van der Waals surface area (Å²) in [7, 11) is 3.72. The highest BCUT2D eigenvalue weighted by atomic mass is 35.5. The number of allylic oxidation sites excluding steroid dienone is 2. The lowest BCUT2D eigenvalue weighted by Gasteiger charge is -2.15. The molecule has 0 aliphatic carbocycles. The molecule has 5 nitrogen and oxygen atoms in total. The summed E-state index contributed by atoms with van der Waals surface area (Å²) in [5, 5.41) is 29.6. The van der Waals surface area contributed by atoms with Crippen molar-refractivity contribution < 1.29 is 0 Å². The average Bonchev–Trinajstić information content (AvgIpc) is 2.38. The van der Waals surface area contributed by atoms with Crippen LogP contribution in [-0.4, -0.2) is 14.1 Å². The lowest BCUT2D eigenvalue weighted by atomic mass is 10.2.